The van der Waals surface area contributed by atoms with Crippen LogP contribution in [0.2, 0.25) is 0 Å². The van der Waals surface area contributed by atoms with Crippen molar-refractivity contribution in [2.24, 2.45) is 0 Å². The SMILES string of the molecule is CN1CCN(CCNCCCc2ccccc2)CC1. The number of nitrogens with one attached hydrogen (secondary N) is 1. The third kappa shape index (κ3) is 5.72. The monoisotopic (exact) mass is 261 g/mol. The first-order valence-electron chi connectivity index (χ1n) is 7.50. The summed E-state index contributed by atoms with van der Waals surface area (Å²) in [5.41, 5.74) is 1.45. The number of aryl methyl sites for hydroxylation is 1. The van der Waals surface area contributed by atoms with E-state index >= 15 is 0 Å². The maximum atomic E-state index is 3.56. The number of rotatable bonds is 7. The molecule has 1 aliphatic heterocycles. The summed E-state index contributed by atoms with van der Waals surface area (Å²) in [5, 5.41) is 3.56. The molecule has 0 amide bonds. The number of benzene rings is 1. The Labute approximate surface area is 117 Å². The van der Waals surface area contributed by atoms with E-state index in [1.807, 2.05) is 0 Å². The Morgan fingerprint density at radius 1 is 1.00 bits per heavy atom. The van der Waals surface area contributed by atoms with Crippen LogP contribution in [0.4, 0.5) is 0 Å². The van der Waals surface area contributed by atoms with Crippen LogP contribution >= 0.6 is 0 Å². The number of hydrogen-bond donors (Lipinski definition) is 1. The van der Waals surface area contributed by atoms with Gasteiger partial charge >= 0.3 is 0 Å². The van der Waals surface area contributed by atoms with Gasteiger partial charge < -0.3 is 10.2 Å². The van der Waals surface area contributed by atoms with E-state index in [1.54, 1.807) is 0 Å². The van der Waals surface area contributed by atoms with Crippen LogP contribution in [0.25, 0.3) is 0 Å². The van der Waals surface area contributed by atoms with Gasteiger partial charge in [-0.05, 0) is 32.0 Å². The highest BCUT2D eigenvalue weighted by molar-refractivity contribution is 5.14. The van der Waals surface area contributed by atoms with E-state index in [0.717, 1.165) is 13.1 Å². The zero-order chi connectivity index (χ0) is 13.3. The lowest BCUT2D eigenvalue weighted by Crippen LogP contribution is -2.46. The summed E-state index contributed by atoms with van der Waals surface area (Å²) in [7, 11) is 2.21. The Balaban J connectivity index is 1.46. The lowest BCUT2D eigenvalue weighted by molar-refractivity contribution is 0.155. The minimum absolute atomic E-state index is 1.12. The molecule has 3 heteroatoms. The zero-order valence-corrected chi connectivity index (χ0v) is 12.1. The average Bonchev–Trinajstić information content (AvgIpc) is 2.46. The van der Waals surface area contributed by atoms with E-state index < -0.39 is 0 Å². The zero-order valence-electron chi connectivity index (χ0n) is 12.1. The number of piperazine rings is 1. The fraction of sp³-hybridized carbons (Fsp3) is 0.625. The second-order valence-corrected chi connectivity index (χ2v) is 5.48. The molecule has 0 aliphatic carbocycles. The minimum atomic E-state index is 1.12. The smallest absolute Gasteiger partial charge is 0.0110 e. The second kappa shape index (κ2) is 8.31. The molecule has 1 N–H and O–H groups in total. The van der Waals surface area contributed by atoms with Crippen LogP contribution in [0.15, 0.2) is 30.3 Å². The number of nitrogens with zero attached hydrogens (tertiary/aromatic N) is 2. The summed E-state index contributed by atoms with van der Waals surface area (Å²) >= 11 is 0. The van der Waals surface area contributed by atoms with Gasteiger partial charge in [-0.15, -0.1) is 0 Å². The molecule has 106 valence electrons. The molecule has 1 aliphatic rings. The van der Waals surface area contributed by atoms with Crippen molar-refractivity contribution >= 4 is 0 Å². The molecule has 0 bridgehead atoms. The lowest BCUT2D eigenvalue weighted by Gasteiger charge is -2.32. The van der Waals surface area contributed by atoms with Crippen LogP contribution in [-0.2, 0) is 6.42 Å². The van der Waals surface area contributed by atoms with E-state index in [2.05, 4.69) is 52.5 Å². The Hall–Kier alpha value is -0.900. The van der Waals surface area contributed by atoms with Crippen LogP contribution in [0, 0.1) is 0 Å². The van der Waals surface area contributed by atoms with Crippen molar-refractivity contribution < 1.29 is 0 Å². The first kappa shape index (κ1) is 14.5. The Kier molecular flexibility index (Phi) is 6.34. The Bertz CT molecular complexity index is 331. The molecule has 1 aromatic rings. The molecule has 0 aromatic heterocycles. The molecule has 1 aromatic carbocycles. The summed E-state index contributed by atoms with van der Waals surface area (Å²) < 4.78 is 0. The van der Waals surface area contributed by atoms with Crippen LogP contribution in [0.1, 0.15) is 12.0 Å². The summed E-state index contributed by atoms with van der Waals surface area (Å²) in [6.45, 7) is 8.33. The predicted octanol–water partition coefficient (Wildman–Crippen LogP) is 1.46. The van der Waals surface area contributed by atoms with Crippen molar-refractivity contribution in [2.45, 2.75) is 12.8 Å². The maximum absolute atomic E-state index is 3.56. The first-order valence-corrected chi connectivity index (χ1v) is 7.50. The van der Waals surface area contributed by atoms with Crippen LogP contribution in [0.3, 0.4) is 0 Å². The van der Waals surface area contributed by atoms with Crippen LogP contribution in [-0.4, -0.2) is 62.7 Å². The summed E-state index contributed by atoms with van der Waals surface area (Å²) in [6, 6.07) is 10.7. The van der Waals surface area contributed by atoms with E-state index in [4.69, 9.17) is 0 Å². The minimum Gasteiger partial charge on any atom is -0.315 e. The highest BCUT2D eigenvalue weighted by Gasteiger charge is 2.12. The lowest BCUT2D eigenvalue weighted by atomic mass is 10.1. The molecule has 19 heavy (non-hydrogen) atoms. The van der Waals surface area contributed by atoms with Crippen molar-refractivity contribution in [1.29, 1.82) is 0 Å². The topological polar surface area (TPSA) is 18.5 Å². The largest absolute Gasteiger partial charge is 0.315 e. The van der Waals surface area contributed by atoms with Gasteiger partial charge in [0.2, 0.25) is 0 Å². The predicted molar refractivity (Wildman–Crippen MR) is 81.6 cm³/mol. The third-order valence-electron chi connectivity index (χ3n) is 3.86. The Morgan fingerprint density at radius 3 is 2.47 bits per heavy atom. The second-order valence-electron chi connectivity index (χ2n) is 5.48. The van der Waals surface area contributed by atoms with Gasteiger partial charge in [0, 0.05) is 39.3 Å². The van der Waals surface area contributed by atoms with Gasteiger partial charge in [-0.1, -0.05) is 30.3 Å². The summed E-state index contributed by atoms with van der Waals surface area (Å²) in [5.74, 6) is 0. The van der Waals surface area contributed by atoms with Crippen molar-refractivity contribution in [3.8, 4) is 0 Å². The van der Waals surface area contributed by atoms with Gasteiger partial charge in [0.25, 0.3) is 0 Å². The van der Waals surface area contributed by atoms with E-state index in [-0.39, 0.29) is 0 Å². The summed E-state index contributed by atoms with van der Waals surface area (Å²) in [4.78, 5) is 4.97. The van der Waals surface area contributed by atoms with Crippen molar-refractivity contribution in [2.75, 3.05) is 52.9 Å². The van der Waals surface area contributed by atoms with Gasteiger partial charge in [0.05, 0.1) is 0 Å². The Morgan fingerprint density at radius 2 is 1.74 bits per heavy atom. The molecule has 1 saturated heterocycles. The van der Waals surface area contributed by atoms with E-state index in [0.29, 0.717) is 0 Å². The summed E-state index contributed by atoms with van der Waals surface area (Å²) in [6.07, 6.45) is 2.41. The maximum Gasteiger partial charge on any atom is 0.0110 e. The molecule has 3 nitrogen and oxygen atoms in total. The highest BCUT2D eigenvalue weighted by atomic mass is 15.2. The molecule has 0 unspecified atom stereocenters. The molecule has 2 rings (SSSR count). The van der Waals surface area contributed by atoms with Gasteiger partial charge in [0.1, 0.15) is 0 Å². The molecule has 1 fully saturated rings. The molecule has 0 saturated carbocycles. The molecular formula is C16H27N3. The van der Waals surface area contributed by atoms with Crippen LogP contribution in [0.5, 0.6) is 0 Å². The number of hydrogen-bond acceptors (Lipinski definition) is 3. The quantitative estimate of drug-likeness (QED) is 0.750. The standard InChI is InChI=1S/C16H27N3/c1-18-12-14-19(15-13-18)11-10-17-9-5-8-16-6-3-2-4-7-16/h2-4,6-7,17H,5,8-15H2,1H3. The van der Waals surface area contributed by atoms with Gasteiger partial charge in [-0.3, -0.25) is 4.90 Å². The third-order valence-corrected chi connectivity index (χ3v) is 3.86. The van der Waals surface area contributed by atoms with E-state index in [9.17, 15) is 0 Å². The fourth-order valence-electron chi connectivity index (χ4n) is 2.50. The van der Waals surface area contributed by atoms with Crippen LogP contribution < -0.4 is 5.32 Å². The highest BCUT2D eigenvalue weighted by Crippen LogP contribution is 2.01. The van der Waals surface area contributed by atoms with Crippen molar-refractivity contribution in [1.82, 2.24) is 15.1 Å². The molecule has 0 radical (unpaired) electrons. The molecular weight excluding hydrogens is 234 g/mol. The molecule has 0 spiro atoms. The van der Waals surface area contributed by atoms with Gasteiger partial charge in [-0.2, -0.15) is 0 Å². The van der Waals surface area contributed by atoms with E-state index in [1.165, 1.54) is 51.1 Å². The normalized spacial score (nSPS) is 17.7. The molecule has 0 atom stereocenters. The van der Waals surface area contributed by atoms with Crippen molar-refractivity contribution in [3.05, 3.63) is 35.9 Å². The van der Waals surface area contributed by atoms with Gasteiger partial charge in [-0.25, -0.2) is 0 Å². The first-order chi connectivity index (χ1) is 9.34. The molecule has 1 heterocycles. The number of likely N-dealkylation sites (N-methyl/N-ethyl adjacent to an activating group) is 1. The average molecular weight is 261 g/mol. The van der Waals surface area contributed by atoms with Crippen molar-refractivity contribution in [3.63, 3.8) is 0 Å². The fourth-order valence-corrected chi connectivity index (χ4v) is 2.50. The van der Waals surface area contributed by atoms with Gasteiger partial charge in [0.15, 0.2) is 0 Å².